The van der Waals surface area contributed by atoms with Gasteiger partial charge in [0.15, 0.2) is 12.4 Å². The number of fused-ring (bicyclic) bond motifs is 1. The number of methoxy groups -OCH3 is 1. The summed E-state index contributed by atoms with van der Waals surface area (Å²) in [5.41, 5.74) is 0.734. The predicted octanol–water partition coefficient (Wildman–Crippen LogP) is 1.55. The lowest BCUT2D eigenvalue weighted by Gasteiger charge is -2.09. The number of aliphatic imine (C=N–C) groups is 1. The predicted molar refractivity (Wildman–Crippen MR) is 101 cm³/mol. The molecule has 0 aliphatic carbocycles. The SMILES string of the molecule is COc1cccc(C(=O)COC(=O)[C@@H](C)N=C2NS(=O)(=O)c3ccccc32)c1. The fourth-order valence-corrected chi connectivity index (χ4v) is 3.85. The van der Waals surface area contributed by atoms with Gasteiger partial charge in [0, 0.05) is 11.1 Å². The van der Waals surface area contributed by atoms with Crippen LogP contribution in [0.5, 0.6) is 5.75 Å². The number of ether oxygens (including phenoxy) is 2. The van der Waals surface area contributed by atoms with Crippen molar-refractivity contribution in [3.63, 3.8) is 0 Å². The molecular weight excluding hydrogens is 384 g/mol. The van der Waals surface area contributed by atoms with Gasteiger partial charge >= 0.3 is 5.97 Å². The number of nitrogens with one attached hydrogen (secondary N) is 1. The number of ketones is 1. The van der Waals surface area contributed by atoms with Gasteiger partial charge in [0.25, 0.3) is 10.0 Å². The Hall–Kier alpha value is -3.20. The van der Waals surface area contributed by atoms with Gasteiger partial charge in [-0.2, -0.15) is 0 Å². The Morgan fingerprint density at radius 2 is 1.89 bits per heavy atom. The number of carbonyl (C=O) groups excluding carboxylic acids is 2. The minimum atomic E-state index is -3.69. The fourth-order valence-electron chi connectivity index (χ4n) is 2.61. The molecular formula is C19H18N2O6S. The standard InChI is InChI=1S/C19H18N2O6S/c1-12(20-18-15-8-3-4-9-17(15)28(24,25)21-18)19(23)27-11-16(22)13-6-5-7-14(10-13)26-2/h3-10,12H,11H2,1-2H3,(H,20,21)/t12-/m1/s1. The van der Waals surface area contributed by atoms with Gasteiger partial charge in [-0.15, -0.1) is 0 Å². The van der Waals surface area contributed by atoms with Gasteiger partial charge in [-0.25, -0.2) is 13.2 Å². The number of benzene rings is 2. The maximum absolute atomic E-state index is 12.2. The zero-order chi connectivity index (χ0) is 20.3. The maximum Gasteiger partial charge on any atom is 0.331 e. The molecule has 1 atom stereocenters. The molecule has 1 aliphatic rings. The molecule has 0 fully saturated rings. The van der Waals surface area contributed by atoms with Gasteiger partial charge in [-0.3, -0.25) is 14.5 Å². The Morgan fingerprint density at radius 1 is 1.14 bits per heavy atom. The first kappa shape index (κ1) is 19.6. The maximum atomic E-state index is 12.2. The van der Waals surface area contributed by atoms with Crippen LogP contribution in [0.4, 0.5) is 0 Å². The summed E-state index contributed by atoms with van der Waals surface area (Å²) in [5, 5.41) is 0. The highest BCUT2D eigenvalue weighted by Gasteiger charge is 2.31. The van der Waals surface area contributed by atoms with E-state index in [9.17, 15) is 18.0 Å². The lowest BCUT2D eigenvalue weighted by atomic mass is 10.1. The number of sulfonamides is 1. The first-order valence-electron chi connectivity index (χ1n) is 8.36. The molecule has 0 radical (unpaired) electrons. The van der Waals surface area contributed by atoms with E-state index < -0.39 is 28.6 Å². The van der Waals surface area contributed by atoms with Crippen LogP contribution in [-0.2, 0) is 19.6 Å². The zero-order valence-electron chi connectivity index (χ0n) is 15.2. The number of hydrogen-bond donors (Lipinski definition) is 1. The van der Waals surface area contributed by atoms with E-state index in [4.69, 9.17) is 9.47 Å². The summed E-state index contributed by atoms with van der Waals surface area (Å²) in [5.74, 6) is -0.547. The Bertz CT molecular complexity index is 1060. The van der Waals surface area contributed by atoms with E-state index in [1.54, 1.807) is 42.5 Å². The molecule has 2 aromatic carbocycles. The smallest absolute Gasteiger partial charge is 0.331 e. The number of hydrogen-bond acceptors (Lipinski definition) is 7. The van der Waals surface area contributed by atoms with Crippen LogP contribution in [0.1, 0.15) is 22.8 Å². The molecule has 1 heterocycles. The van der Waals surface area contributed by atoms with Crippen molar-refractivity contribution >= 4 is 27.6 Å². The van der Waals surface area contributed by atoms with E-state index >= 15 is 0 Å². The summed E-state index contributed by atoms with van der Waals surface area (Å²) in [6.07, 6.45) is 0. The molecule has 0 unspecified atom stereocenters. The van der Waals surface area contributed by atoms with E-state index in [0.717, 1.165) is 0 Å². The summed E-state index contributed by atoms with van der Waals surface area (Å²) >= 11 is 0. The summed E-state index contributed by atoms with van der Waals surface area (Å²) in [4.78, 5) is 28.6. The van der Waals surface area contributed by atoms with Crippen LogP contribution in [0, 0.1) is 0 Å². The van der Waals surface area contributed by atoms with E-state index in [1.165, 1.54) is 20.1 Å². The Labute approximate surface area is 162 Å². The molecule has 0 aromatic heterocycles. The second-order valence-corrected chi connectivity index (χ2v) is 7.67. The third-order valence-electron chi connectivity index (χ3n) is 4.06. The lowest BCUT2D eigenvalue weighted by Crippen LogP contribution is -2.27. The first-order valence-corrected chi connectivity index (χ1v) is 9.84. The summed E-state index contributed by atoms with van der Waals surface area (Å²) in [6, 6.07) is 11.8. The van der Waals surface area contributed by atoms with Crippen LogP contribution in [0.25, 0.3) is 0 Å². The molecule has 146 valence electrons. The van der Waals surface area contributed by atoms with E-state index in [0.29, 0.717) is 16.9 Å². The third-order valence-corrected chi connectivity index (χ3v) is 5.46. The number of carbonyl (C=O) groups is 2. The molecule has 3 rings (SSSR count). The highest BCUT2D eigenvalue weighted by atomic mass is 32.2. The second kappa shape index (κ2) is 7.81. The van der Waals surface area contributed by atoms with E-state index in [1.807, 2.05) is 0 Å². The second-order valence-electron chi connectivity index (χ2n) is 6.02. The fraction of sp³-hybridized carbons (Fsp3) is 0.211. The summed E-state index contributed by atoms with van der Waals surface area (Å²) in [7, 11) is -2.21. The topological polar surface area (TPSA) is 111 Å². The van der Waals surface area contributed by atoms with Gasteiger partial charge in [0.05, 0.1) is 12.0 Å². The summed E-state index contributed by atoms with van der Waals surface area (Å²) in [6.45, 7) is 1.00. The summed E-state index contributed by atoms with van der Waals surface area (Å²) < 4.78 is 36.6. The quantitative estimate of drug-likeness (QED) is 0.580. The van der Waals surface area contributed by atoms with Crippen LogP contribution in [0.3, 0.4) is 0 Å². The van der Waals surface area contributed by atoms with Crippen molar-refractivity contribution < 1.29 is 27.5 Å². The molecule has 28 heavy (non-hydrogen) atoms. The molecule has 1 N–H and O–H groups in total. The van der Waals surface area contributed by atoms with Gasteiger partial charge < -0.3 is 9.47 Å². The molecule has 0 spiro atoms. The average molecular weight is 402 g/mol. The normalized spacial score (nSPS) is 16.7. The molecule has 0 saturated carbocycles. The Morgan fingerprint density at radius 3 is 2.64 bits per heavy atom. The van der Waals surface area contributed by atoms with Crippen LogP contribution in [-0.4, -0.2) is 45.8 Å². The van der Waals surface area contributed by atoms with Crippen LogP contribution >= 0.6 is 0 Å². The van der Waals surface area contributed by atoms with Gasteiger partial charge in [0.2, 0.25) is 0 Å². The van der Waals surface area contributed by atoms with Crippen molar-refractivity contribution in [1.29, 1.82) is 0 Å². The molecule has 8 nitrogen and oxygen atoms in total. The van der Waals surface area contributed by atoms with Gasteiger partial charge in [0.1, 0.15) is 17.6 Å². The lowest BCUT2D eigenvalue weighted by molar-refractivity contribution is -0.143. The van der Waals surface area contributed by atoms with Crippen LogP contribution in [0.15, 0.2) is 58.4 Å². The minimum absolute atomic E-state index is 0.0687. The van der Waals surface area contributed by atoms with Crippen molar-refractivity contribution in [2.45, 2.75) is 17.9 Å². The Kier molecular flexibility index (Phi) is 5.46. The molecule has 1 aliphatic heterocycles. The molecule has 9 heteroatoms. The van der Waals surface area contributed by atoms with E-state index in [2.05, 4.69) is 9.71 Å². The van der Waals surface area contributed by atoms with Crippen molar-refractivity contribution in [3.8, 4) is 5.75 Å². The van der Waals surface area contributed by atoms with E-state index in [-0.39, 0.29) is 16.5 Å². The monoisotopic (exact) mass is 402 g/mol. The Balaban J connectivity index is 1.67. The number of amidine groups is 1. The zero-order valence-corrected chi connectivity index (χ0v) is 16.0. The van der Waals surface area contributed by atoms with Crippen molar-refractivity contribution in [2.75, 3.05) is 13.7 Å². The number of nitrogens with zero attached hydrogens (tertiary/aromatic N) is 1. The number of esters is 1. The van der Waals surface area contributed by atoms with Crippen molar-refractivity contribution in [1.82, 2.24) is 4.72 Å². The molecule has 0 bridgehead atoms. The average Bonchev–Trinajstić information content (AvgIpc) is 2.96. The van der Waals surface area contributed by atoms with Gasteiger partial charge in [-0.1, -0.05) is 24.3 Å². The van der Waals surface area contributed by atoms with Crippen molar-refractivity contribution in [2.24, 2.45) is 4.99 Å². The highest BCUT2D eigenvalue weighted by molar-refractivity contribution is 7.90. The van der Waals surface area contributed by atoms with Crippen molar-refractivity contribution in [3.05, 3.63) is 59.7 Å². The number of Topliss-reactive ketones (excluding diaryl/α,β-unsaturated/α-hetero) is 1. The van der Waals surface area contributed by atoms with Gasteiger partial charge in [-0.05, 0) is 31.2 Å². The molecule has 0 saturated heterocycles. The number of rotatable bonds is 6. The first-order chi connectivity index (χ1) is 13.3. The molecule has 0 amide bonds. The highest BCUT2D eigenvalue weighted by Crippen LogP contribution is 2.22. The third kappa shape index (κ3) is 4.04. The van der Waals surface area contributed by atoms with Crippen LogP contribution in [0.2, 0.25) is 0 Å². The minimum Gasteiger partial charge on any atom is -0.497 e. The largest absolute Gasteiger partial charge is 0.497 e. The van der Waals surface area contributed by atoms with Crippen LogP contribution < -0.4 is 9.46 Å². The molecule has 2 aromatic rings.